The first-order valence-corrected chi connectivity index (χ1v) is 9.59. The smallest absolute Gasteiger partial charge is 0.289 e. The molecule has 2 aliphatic carbocycles. The highest BCUT2D eigenvalue weighted by atomic mass is 79.9. The minimum atomic E-state index is -0.255. The van der Waals surface area contributed by atoms with Crippen LogP contribution in [0.25, 0.3) is 0 Å². The lowest BCUT2D eigenvalue weighted by Crippen LogP contribution is -2.47. The Morgan fingerprint density at radius 2 is 1.83 bits per heavy atom. The Bertz CT molecular complexity index is 644. The zero-order valence-electron chi connectivity index (χ0n) is 13.9. The summed E-state index contributed by atoms with van der Waals surface area (Å²) >= 11 is 3.20. The molecular formula is C18H23BrN2O3. The summed E-state index contributed by atoms with van der Waals surface area (Å²) in [5, 5.41) is 0. The van der Waals surface area contributed by atoms with Crippen LogP contribution in [0, 0.1) is 17.8 Å². The van der Waals surface area contributed by atoms with Crippen molar-refractivity contribution in [3.05, 3.63) is 22.6 Å². The van der Waals surface area contributed by atoms with Gasteiger partial charge in [-0.15, -0.1) is 0 Å². The molecule has 4 fully saturated rings. The van der Waals surface area contributed by atoms with Crippen molar-refractivity contribution in [3.8, 4) is 0 Å². The molecular weight excluding hydrogens is 372 g/mol. The molecule has 0 spiro atoms. The van der Waals surface area contributed by atoms with Gasteiger partial charge >= 0.3 is 0 Å². The second kappa shape index (κ2) is 6.21. The maximum absolute atomic E-state index is 12.9. The molecule has 2 saturated carbocycles. The van der Waals surface area contributed by atoms with E-state index in [4.69, 9.17) is 4.42 Å². The van der Waals surface area contributed by atoms with Crippen molar-refractivity contribution in [2.45, 2.75) is 38.1 Å². The molecule has 4 bridgehead atoms. The first kappa shape index (κ1) is 16.2. The number of hydrogen-bond acceptors (Lipinski definition) is 3. The Balaban J connectivity index is 1.43. The standard InChI is InChI=1S/C18H23BrN2O3/c1-20(18(23)15-2-3-16(19)24-15)10-17(22)21-9-13-5-11-4-12(6-13)8-14(21)7-11/h2-3,11-14H,4-10H2,1H3. The molecule has 2 aliphatic heterocycles. The summed E-state index contributed by atoms with van der Waals surface area (Å²) in [7, 11) is 1.66. The summed E-state index contributed by atoms with van der Waals surface area (Å²) in [5.74, 6) is 2.36. The van der Waals surface area contributed by atoms with Gasteiger partial charge in [0.05, 0.1) is 6.54 Å². The predicted octanol–water partition coefficient (Wildman–Crippen LogP) is 3.15. The number of rotatable bonds is 3. The van der Waals surface area contributed by atoms with Crippen LogP contribution in [-0.2, 0) is 4.79 Å². The van der Waals surface area contributed by atoms with Crippen LogP contribution < -0.4 is 0 Å². The lowest BCUT2D eigenvalue weighted by molar-refractivity contribution is -0.134. The number of carbonyl (C=O) groups excluding carboxylic acids is 2. The molecule has 2 saturated heterocycles. The third kappa shape index (κ3) is 3.01. The number of hydrogen-bond donors (Lipinski definition) is 0. The zero-order chi connectivity index (χ0) is 16.8. The number of halogens is 1. The number of amides is 2. The lowest BCUT2D eigenvalue weighted by Gasteiger charge is -2.39. The Kier molecular flexibility index (Phi) is 4.19. The molecule has 0 radical (unpaired) electrons. The number of fused-ring (bicyclic) bond motifs is 1. The minimum absolute atomic E-state index is 0.0784. The van der Waals surface area contributed by atoms with E-state index in [-0.39, 0.29) is 24.1 Å². The number of furan rings is 1. The maximum Gasteiger partial charge on any atom is 0.289 e. The Hall–Kier alpha value is -1.30. The molecule has 0 aromatic carbocycles. The van der Waals surface area contributed by atoms with Gasteiger partial charge in [-0.1, -0.05) is 0 Å². The van der Waals surface area contributed by atoms with Crippen LogP contribution in [0.4, 0.5) is 0 Å². The molecule has 6 heteroatoms. The average Bonchev–Trinajstić information content (AvgIpc) is 2.87. The molecule has 130 valence electrons. The van der Waals surface area contributed by atoms with Gasteiger partial charge in [-0.25, -0.2) is 0 Å². The molecule has 1 aromatic rings. The van der Waals surface area contributed by atoms with Crippen LogP contribution in [0.2, 0.25) is 0 Å². The van der Waals surface area contributed by atoms with E-state index >= 15 is 0 Å². The van der Waals surface area contributed by atoms with Crippen molar-refractivity contribution in [1.29, 1.82) is 0 Å². The summed E-state index contributed by atoms with van der Waals surface area (Å²) in [4.78, 5) is 28.8. The SMILES string of the molecule is CN(CC(=O)N1CC2CC3CC(C2)CC1C3)C(=O)c1ccc(Br)o1. The molecule has 2 unspecified atom stereocenters. The van der Waals surface area contributed by atoms with E-state index in [9.17, 15) is 9.59 Å². The second-order valence-corrected chi connectivity index (χ2v) is 8.52. The van der Waals surface area contributed by atoms with Crippen LogP contribution in [0.3, 0.4) is 0 Å². The van der Waals surface area contributed by atoms with Crippen molar-refractivity contribution < 1.29 is 14.0 Å². The van der Waals surface area contributed by atoms with Gasteiger partial charge in [-0.3, -0.25) is 9.59 Å². The van der Waals surface area contributed by atoms with Crippen molar-refractivity contribution in [3.63, 3.8) is 0 Å². The normalized spacial score (nSPS) is 31.2. The van der Waals surface area contributed by atoms with Gasteiger partial charge < -0.3 is 14.2 Å². The Morgan fingerprint density at radius 1 is 1.17 bits per heavy atom. The van der Waals surface area contributed by atoms with E-state index in [1.54, 1.807) is 19.2 Å². The van der Waals surface area contributed by atoms with Gasteiger partial charge in [-0.2, -0.15) is 0 Å². The highest BCUT2D eigenvalue weighted by molar-refractivity contribution is 9.10. The van der Waals surface area contributed by atoms with Crippen molar-refractivity contribution in [2.75, 3.05) is 20.1 Å². The highest BCUT2D eigenvalue weighted by Crippen LogP contribution is 2.47. The second-order valence-electron chi connectivity index (χ2n) is 7.74. The van der Waals surface area contributed by atoms with E-state index in [2.05, 4.69) is 20.8 Å². The van der Waals surface area contributed by atoms with E-state index in [0.717, 1.165) is 31.2 Å². The summed E-state index contributed by atoms with van der Waals surface area (Å²) < 4.78 is 5.82. The zero-order valence-corrected chi connectivity index (χ0v) is 15.5. The van der Waals surface area contributed by atoms with Crippen LogP contribution in [0.15, 0.2) is 21.2 Å². The summed E-state index contributed by atoms with van der Waals surface area (Å²) in [6.45, 7) is 1.00. The van der Waals surface area contributed by atoms with E-state index in [1.807, 2.05) is 0 Å². The van der Waals surface area contributed by atoms with E-state index < -0.39 is 0 Å². The quantitative estimate of drug-likeness (QED) is 0.790. The monoisotopic (exact) mass is 394 g/mol. The maximum atomic E-state index is 12.9. The molecule has 2 amide bonds. The lowest BCUT2D eigenvalue weighted by atomic mass is 9.68. The van der Waals surface area contributed by atoms with E-state index in [1.165, 1.54) is 24.2 Å². The van der Waals surface area contributed by atoms with Gasteiger partial charge in [0.25, 0.3) is 5.91 Å². The minimum Gasteiger partial charge on any atom is -0.444 e. The fourth-order valence-corrected chi connectivity index (χ4v) is 5.38. The molecule has 2 atom stereocenters. The molecule has 0 N–H and O–H groups in total. The van der Waals surface area contributed by atoms with Crippen LogP contribution in [0.1, 0.15) is 42.7 Å². The summed E-state index contributed by atoms with van der Waals surface area (Å²) in [6, 6.07) is 3.70. The third-order valence-corrected chi connectivity index (χ3v) is 6.36. The van der Waals surface area contributed by atoms with Gasteiger partial charge in [0, 0.05) is 19.6 Å². The molecule has 24 heavy (non-hydrogen) atoms. The van der Waals surface area contributed by atoms with Crippen LogP contribution >= 0.6 is 15.9 Å². The summed E-state index contributed by atoms with van der Waals surface area (Å²) in [6.07, 6.45) is 6.24. The fourth-order valence-electron chi connectivity index (χ4n) is 5.07. The molecule has 1 aromatic heterocycles. The molecule has 5 nitrogen and oxygen atoms in total. The first-order chi connectivity index (χ1) is 11.5. The summed E-state index contributed by atoms with van der Waals surface area (Å²) in [5.41, 5.74) is 0. The van der Waals surface area contributed by atoms with Crippen molar-refractivity contribution >= 4 is 27.7 Å². The van der Waals surface area contributed by atoms with Gasteiger partial charge in [0.15, 0.2) is 10.4 Å². The van der Waals surface area contributed by atoms with Gasteiger partial charge in [0.2, 0.25) is 5.91 Å². The first-order valence-electron chi connectivity index (χ1n) is 8.80. The van der Waals surface area contributed by atoms with Crippen molar-refractivity contribution in [2.24, 2.45) is 17.8 Å². The molecule has 3 heterocycles. The molecule has 4 aliphatic rings. The van der Waals surface area contributed by atoms with Crippen LogP contribution in [0.5, 0.6) is 0 Å². The number of nitrogens with zero attached hydrogens (tertiary/aromatic N) is 2. The van der Waals surface area contributed by atoms with Crippen LogP contribution in [-0.4, -0.2) is 47.8 Å². The van der Waals surface area contributed by atoms with Gasteiger partial charge in [0.1, 0.15) is 0 Å². The Morgan fingerprint density at radius 3 is 2.46 bits per heavy atom. The largest absolute Gasteiger partial charge is 0.444 e. The number of carbonyl (C=O) groups is 2. The third-order valence-electron chi connectivity index (χ3n) is 5.93. The highest BCUT2D eigenvalue weighted by Gasteiger charge is 2.44. The Labute approximate surface area is 150 Å². The van der Waals surface area contributed by atoms with Gasteiger partial charge in [-0.05, 0) is 77.9 Å². The topological polar surface area (TPSA) is 53.8 Å². The number of likely N-dealkylation sites (N-methyl/N-ethyl adjacent to an activating group) is 1. The predicted molar refractivity (Wildman–Crippen MR) is 92.4 cm³/mol. The van der Waals surface area contributed by atoms with Crippen molar-refractivity contribution in [1.82, 2.24) is 9.80 Å². The average molecular weight is 395 g/mol. The molecule has 5 rings (SSSR count). The fraction of sp³-hybridized carbons (Fsp3) is 0.667. The van der Waals surface area contributed by atoms with E-state index in [0.29, 0.717) is 16.6 Å².